The first-order valence-corrected chi connectivity index (χ1v) is 5.78. The van der Waals surface area contributed by atoms with Crippen LogP contribution in [0.1, 0.15) is 24.5 Å². The zero-order valence-electron chi connectivity index (χ0n) is 9.30. The van der Waals surface area contributed by atoms with Crippen molar-refractivity contribution in [3.05, 3.63) is 29.4 Å². The van der Waals surface area contributed by atoms with Crippen LogP contribution < -0.4 is 4.74 Å². The summed E-state index contributed by atoms with van der Waals surface area (Å²) in [5, 5.41) is 4.77. The highest BCUT2D eigenvalue weighted by Crippen LogP contribution is 2.39. The number of aromatic nitrogens is 4. The zero-order chi connectivity index (χ0) is 11.8. The van der Waals surface area contributed by atoms with Crippen LogP contribution in [-0.4, -0.2) is 26.9 Å². The van der Waals surface area contributed by atoms with Crippen molar-refractivity contribution in [1.82, 2.24) is 19.7 Å². The molecule has 1 saturated carbocycles. The molecule has 6 heteroatoms. The van der Waals surface area contributed by atoms with Crippen LogP contribution in [0.25, 0.3) is 5.82 Å². The minimum atomic E-state index is 0.293. The van der Waals surface area contributed by atoms with E-state index in [4.69, 9.17) is 16.3 Å². The SMILES string of the molecule is COc1c(Cl)ncnc1-n1ccc(C2CC2)n1. The summed E-state index contributed by atoms with van der Waals surface area (Å²) in [5.41, 5.74) is 1.10. The van der Waals surface area contributed by atoms with E-state index in [9.17, 15) is 0 Å². The molecule has 5 nitrogen and oxygen atoms in total. The van der Waals surface area contributed by atoms with Gasteiger partial charge in [0.25, 0.3) is 0 Å². The second kappa shape index (κ2) is 4.00. The Labute approximate surface area is 103 Å². The summed E-state index contributed by atoms with van der Waals surface area (Å²) in [7, 11) is 1.54. The number of ether oxygens (including phenoxy) is 1. The average Bonchev–Trinajstić information content (AvgIpc) is 3.07. The average molecular weight is 251 g/mol. The molecule has 0 amide bonds. The molecule has 2 heterocycles. The molecule has 1 aliphatic carbocycles. The fraction of sp³-hybridized carbons (Fsp3) is 0.364. The van der Waals surface area contributed by atoms with Crippen LogP contribution >= 0.6 is 11.6 Å². The van der Waals surface area contributed by atoms with Gasteiger partial charge < -0.3 is 4.74 Å². The van der Waals surface area contributed by atoms with E-state index >= 15 is 0 Å². The highest BCUT2D eigenvalue weighted by molar-refractivity contribution is 6.31. The molecule has 2 aromatic rings. The minimum absolute atomic E-state index is 0.293. The number of halogens is 1. The fourth-order valence-electron chi connectivity index (χ4n) is 1.74. The molecule has 0 aromatic carbocycles. The monoisotopic (exact) mass is 250 g/mol. The van der Waals surface area contributed by atoms with Gasteiger partial charge in [-0.3, -0.25) is 0 Å². The number of hydrogen-bond donors (Lipinski definition) is 0. The van der Waals surface area contributed by atoms with Crippen molar-refractivity contribution < 1.29 is 4.74 Å². The molecule has 2 aromatic heterocycles. The van der Waals surface area contributed by atoms with E-state index < -0.39 is 0 Å². The van der Waals surface area contributed by atoms with Gasteiger partial charge in [0.15, 0.2) is 5.15 Å². The molecular weight excluding hydrogens is 240 g/mol. The summed E-state index contributed by atoms with van der Waals surface area (Å²) in [4.78, 5) is 8.03. The molecule has 0 radical (unpaired) electrons. The first-order chi connectivity index (χ1) is 8.29. The van der Waals surface area contributed by atoms with Crippen molar-refractivity contribution in [2.45, 2.75) is 18.8 Å². The number of rotatable bonds is 3. The molecular formula is C11H11ClN4O. The molecule has 1 fully saturated rings. The van der Waals surface area contributed by atoms with Crippen LogP contribution in [0.4, 0.5) is 0 Å². The molecule has 0 spiro atoms. The maximum Gasteiger partial charge on any atom is 0.201 e. The van der Waals surface area contributed by atoms with Crippen LogP contribution in [0.3, 0.4) is 0 Å². The number of methoxy groups -OCH3 is 1. The van der Waals surface area contributed by atoms with E-state index in [1.807, 2.05) is 12.3 Å². The molecule has 0 saturated heterocycles. The predicted octanol–water partition coefficient (Wildman–Crippen LogP) is 2.20. The zero-order valence-corrected chi connectivity index (χ0v) is 10.1. The molecule has 0 N–H and O–H groups in total. The Bertz CT molecular complexity index is 550. The van der Waals surface area contributed by atoms with Crippen LogP contribution in [0.2, 0.25) is 5.15 Å². The number of nitrogens with zero attached hydrogens (tertiary/aromatic N) is 4. The summed E-state index contributed by atoms with van der Waals surface area (Å²) in [6, 6.07) is 2.01. The van der Waals surface area contributed by atoms with Crippen molar-refractivity contribution >= 4 is 11.6 Å². The van der Waals surface area contributed by atoms with Crippen LogP contribution in [0.15, 0.2) is 18.6 Å². The molecule has 0 atom stereocenters. The third-order valence-corrected chi connectivity index (χ3v) is 3.04. The highest BCUT2D eigenvalue weighted by Gasteiger charge is 2.26. The van der Waals surface area contributed by atoms with Gasteiger partial charge in [0.2, 0.25) is 11.6 Å². The first kappa shape index (κ1) is 10.5. The summed E-state index contributed by atoms with van der Waals surface area (Å²) < 4.78 is 6.88. The fourth-order valence-corrected chi connectivity index (χ4v) is 1.94. The van der Waals surface area contributed by atoms with E-state index in [-0.39, 0.29) is 0 Å². The van der Waals surface area contributed by atoms with Gasteiger partial charge in [-0.15, -0.1) is 0 Å². The Kier molecular flexibility index (Phi) is 2.48. The van der Waals surface area contributed by atoms with Gasteiger partial charge >= 0.3 is 0 Å². The molecule has 3 rings (SSSR count). The Morgan fingerprint density at radius 3 is 2.94 bits per heavy atom. The van der Waals surface area contributed by atoms with Gasteiger partial charge in [0, 0.05) is 12.1 Å². The first-order valence-electron chi connectivity index (χ1n) is 5.40. The largest absolute Gasteiger partial charge is 0.490 e. The molecule has 1 aliphatic rings. The second-order valence-corrected chi connectivity index (χ2v) is 4.34. The van der Waals surface area contributed by atoms with Crippen molar-refractivity contribution in [3.8, 4) is 11.6 Å². The van der Waals surface area contributed by atoms with E-state index in [0.717, 1.165) is 5.69 Å². The highest BCUT2D eigenvalue weighted by atomic mass is 35.5. The van der Waals surface area contributed by atoms with Gasteiger partial charge in [-0.25, -0.2) is 14.6 Å². The lowest BCUT2D eigenvalue weighted by Crippen LogP contribution is -2.03. The summed E-state index contributed by atoms with van der Waals surface area (Å²) >= 11 is 5.94. The van der Waals surface area contributed by atoms with E-state index in [1.165, 1.54) is 19.2 Å². The predicted molar refractivity (Wildman–Crippen MR) is 62.7 cm³/mol. The molecule has 0 aliphatic heterocycles. The summed E-state index contributed by atoms with van der Waals surface area (Å²) in [6.07, 6.45) is 5.71. The topological polar surface area (TPSA) is 52.8 Å². The van der Waals surface area contributed by atoms with Crippen LogP contribution in [0.5, 0.6) is 5.75 Å². The standard InChI is InChI=1S/C11H11ClN4O/c1-17-9-10(12)13-6-14-11(9)16-5-4-8(15-16)7-2-3-7/h4-7H,2-3H2,1H3. The van der Waals surface area contributed by atoms with Gasteiger partial charge in [-0.05, 0) is 18.9 Å². The Balaban J connectivity index is 2.04. The van der Waals surface area contributed by atoms with Gasteiger partial charge in [-0.1, -0.05) is 11.6 Å². The van der Waals surface area contributed by atoms with E-state index in [0.29, 0.717) is 22.6 Å². The molecule has 0 bridgehead atoms. The van der Waals surface area contributed by atoms with Gasteiger partial charge in [0.1, 0.15) is 6.33 Å². The Morgan fingerprint density at radius 1 is 1.41 bits per heavy atom. The maximum atomic E-state index is 5.94. The lowest BCUT2D eigenvalue weighted by molar-refractivity contribution is 0.407. The van der Waals surface area contributed by atoms with Crippen molar-refractivity contribution in [1.29, 1.82) is 0 Å². The molecule has 17 heavy (non-hydrogen) atoms. The van der Waals surface area contributed by atoms with E-state index in [1.54, 1.807) is 11.8 Å². The van der Waals surface area contributed by atoms with Crippen molar-refractivity contribution in [2.75, 3.05) is 7.11 Å². The van der Waals surface area contributed by atoms with Crippen molar-refractivity contribution in [2.24, 2.45) is 0 Å². The smallest absolute Gasteiger partial charge is 0.201 e. The Morgan fingerprint density at radius 2 is 2.24 bits per heavy atom. The van der Waals surface area contributed by atoms with Crippen LogP contribution in [-0.2, 0) is 0 Å². The number of hydrogen-bond acceptors (Lipinski definition) is 4. The molecule has 88 valence electrons. The third kappa shape index (κ3) is 1.86. The van der Waals surface area contributed by atoms with Crippen LogP contribution in [0, 0.1) is 0 Å². The lowest BCUT2D eigenvalue weighted by atomic mass is 10.3. The quantitative estimate of drug-likeness (QED) is 0.784. The summed E-state index contributed by atoms with van der Waals surface area (Å²) in [5.74, 6) is 1.62. The molecule has 0 unspecified atom stereocenters. The van der Waals surface area contributed by atoms with Gasteiger partial charge in [0.05, 0.1) is 12.8 Å². The Hall–Kier alpha value is -1.62. The van der Waals surface area contributed by atoms with Crippen molar-refractivity contribution in [3.63, 3.8) is 0 Å². The maximum absolute atomic E-state index is 5.94. The second-order valence-electron chi connectivity index (χ2n) is 3.98. The normalized spacial score (nSPS) is 14.9. The summed E-state index contributed by atoms with van der Waals surface area (Å²) in [6.45, 7) is 0. The lowest BCUT2D eigenvalue weighted by Gasteiger charge is -2.07. The minimum Gasteiger partial charge on any atom is -0.490 e. The van der Waals surface area contributed by atoms with Gasteiger partial charge in [-0.2, -0.15) is 5.10 Å². The van der Waals surface area contributed by atoms with E-state index in [2.05, 4.69) is 15.1 Å². The third-order valence-electron chi connectivity index (χ3n) is 2.77.